The maximum atomic E-state index is 11.7. The Morgan fingerprint density at radius 1 is 1.47 bits per heavy atom. The number of anilines is 1. The fourth-order valence-corrected chi connectivity index (χ4v) is 2.05. The Morgan fingerprint density at radius 3 is 2.95 bits per heavy atom. The first-order valence-corrected chi connectivity index (χ1v) is 6.44. The van der Waals surface area contributed by atoms with E-state index in [-0.39, 0.29) is 11.8 Å². The monoisotopic (exact) mass is 262 g/mol. The Balaban J connectivity index is 1.69. The molecule has 0 unspecified atom stereocenters. The molecule has 0 bridgehead atoms. The van der Waals surface area contributed by atoms with Crippen LogP contribution in [0.1, 0.15) is 29.6 Å². The van der Waals surface area contributed by atoms with E-state index in [1.807, 2.05) is 4.90 Å². The number of hydrogen-bond donors (Lipinski definition) is 2. The van der Waals surface area contributed by atoms with Crippen LogP contribution in [-0.4, -0.2) is 41.3 Å². The molecule has 19 heavy (non-hydrogen) atoms. The molecule has 1 aliphatic heterocycles. The number of carbonyl (C=O) groups excluding carboxylic acids is 2. The highest BCUT2D eigenvalue weighted by molar-refractivity contribution is 5.93. The molecule has 1 fully saturated rings. The van der Waals surface area contributed by atoms with Gasteiger partial charge in [0.05, 0.1) is 5.56 Å². The number of nitrogens with two attached hydrogens (primary N) is 1. The second-order valence-electron chi connectivity index (χ2n) is 4.57. The topological polar surface area (TPSA) is 88.3 Å². The molecule has 1 aromatic rings. The van der Waals surface area contributed by atoms with Crippen molar-refractivity contribution in [3.8, 4) is 0 Å². The van der Waals surface area contributed by atoms with Gasteiger partial charge in [0.1, 0.15) is 5.82 Å². The summed E-state index contributed by atoms with van der Waals surface area (Å²) in [6, 6.07) is 3.24. The lowest BCUT2D eigenvalue weighted by Gasteiger charge is -2.15. The van der Waals surface area contributed by atoms with Crippen LogP contribution in [0.3, 0.4) is 0 Å². The maximum absolute atomic E-state index is 11.7. The van der Waals surface area contributed by atoms with Gasteiger partial charge in [0, 0.05) is 32.3 Å². The molecule has 0 aromatic carbocycles. The van der Waals surface area contributed by atoms with Crippen molar-refractivity contribution in [3.63, 3.8) is 0 Å². The van der Waals surface area contributed by atoms with Crippen molar-refractivity contribution in [1.82, 2.24) is 15.2 Å². The normalized spacial score (nSPS) is 14.7. The van der Waals surface area contributed by atoms with Crippen LogP contribution in [0.15, 0.2) is 18.3 Å². The second kappa shape index (κ2) is 6.17. The molecule has 0 atom stereocenters. The van der Waals surface area contributed by atoms with Crippen molar-refractivity contribution >= 4 is 17.6 Å². The quantitative estimate of drug-likeness (QED) is 0.752. The van der Waals surface area contributed by atoms with Crippen molar-refractivity contribution in [1.29, 1.82) is 0 Å². The average Bonchev–Trinajstić information content (AvgIpc) is 2.81. The first-order chi connectivity index (χ1) is 9.16. The summed E-state index contributed by atoms with van der Waals surface area (Å²) in [5.41, 5.74) is 5.94. The van der Waals surface area contributed by atoms with E-state index >= 15 is 0 Å². The molecule has 0 aliphatic carbocycles. The summed E-state index contributed by atoms with van der Waals surface area (Å²) in [6.07, 6.45) is 3.82. The van der Waals surface area contributed by atoms with E-state index in [0.717, 1.165) is 19.4 Å². The smallest absolute Gasteiger partial charge is 0.252 e. The fraction of sp³-hybridized carbons (Fsp3) is 0.462. The van der Waals surface area contributed by atoms with E-state index in [1.54, 1.807) is 12.1 Å². The summed E-state index contributed by atoms with van der Waals surface area (Å²) >= 11 is 0. The number of nitrogens with zero attached hydrogens (tertiary/aromatic N) is 2. The molecular weight excluding hydrogens is 244 g/mol. The molecule has 6 nitrogen and oxygen atoms in total. The van der Waals surface area contributed by atoms with Crippen LogP contribution in [0.4, 0.5) is 5.82 Å². The zero-order chi connectivity index (χ0) is 13.7. The second-order valence-corrected chi connectivity index (χ2v) is 4.57. The number of nitrogen functional groups attached to an aromatic ring is 1. The molecule has 0 spiro atoms. The molecule has 1 aromatic heterocycles. The minimum atomic E-state index is -0.166. The first kappa shape index (κ1) is 13.3. The minimum Gasteiger partial charge on any atom is -0.384 e. The number of pyridine rings is 1. The van der Waals surface area contributed by atoms with Crippen LogP contribution < -0.4 is 11.1 Å². The lowest BCUT2D eigenvalue weighted by molar-refractivity contribution is -0.127. The third-order valence-corrected chi connectivity index (χ3v) is 3.11. The molecular formula is C13H18N4O2. The maximum Gasteiger partial charge on any atom is 0.252 e. The number of amides is 2. The van der Waals surface area contributed by atoms with E-state index < -0.39 is 0 Å². The third-order valence-electron chi connectivity index (χ3n) is 3.11. The van der Waals surface area contributed by atoms with E-state index in [1.165, 1.54) is 6.20 Å². The van der Waals surface area contributed by atoms with Crippen LogP contribution in [0.2, 0.25) is 0 Å². The van der Waals surface area contributed by atoms with E-state index in [2.05, 4.69) is 10.3 Å². The van der Waals surface area contributed by atoms with Gasteiger partial charge in [-0.1, -0.05) is 0 Å². The van der Waals surface area contributed by atoms with Crippen LogP contribution in [0.5, 0.6) is 0 Å². The Hall–Kier alpha value is -2.11. The molecule has 2 heterocycles. The minimum absolute atomic E-state index is 0.166. The van der Waals surface area contributed by atoms with Gasteiger partial charge < -0.3 is 16.0 Å². The molecule has 2 amide bonds. The Kier molecular flexibility index (Phi) is 4.33. The van der Waals surface area contributed by atoms with Gasteiger partial charge in [0.2, 0.25) is 5.91 Å². The zero-order valence-corrected chi connectivity index (χ0v) is 10.8. The Bertz CT molecular complexity index is 458. The zero-order valence-electron chi connectivity index (χ0n) is 10.8. The Labute approximate surface area is 112 Å². The van der Waals surface area contributed by atoms with Gasteiger partial charge in [0.25, 0.3) is 5.91 Å². The van der Waals surface area contributed by atoms with E-state index in [0.29, 0.717) is 30.9 Å². The predicted octanol–water partition coefficient (Wildman–Crippen LogP) is 0.406. The SMILES string of the molecule is Nc1ccc(C(=O)NCCCN2CCCC2=O)cn1. The van der Waals surface area contributed by atoms with E-state index in [4.69, 9.17) is 5.73 Å². The molecule has 2 rings (SSSR count). The lowest BCUT2D eigenvalue weighted by atomic mass is 10.2. The first-order valence-electron chi connectivity index (χ1n) is 6.44. The van der Waals surface area contributed by atoms with Crippen LogP contribution in [0, 0.1) is 0 Å². The summed E-state index contributed by atoms with van der Waals surface area (Å²) < 4.78 is 0. The van der Waals surface area contributed by atoms with Gasteiger partial charge >= 0.3 is 0 Å². The van der Waals surface area contributed by atoms with Crippen molar-refractivity contribution in [2.75, 3.05) is 25.4 Å². The summed E-state index contributed by atoms with van der Waals surface area (Å²) in [5, 5.41) is 2.80. The van der Waals surface area contributed by atoms with Gasteiger partial charge in [-0.2, -0.15) is 0 Å². The highest BCUT2D eigenvalue weighted by Crippen LogP contribution is 2.09. The number of hydrogen-bond acceptors (Lipinski definition) is 4. The largest absolute Gasteiger partial charge is 0.384 e. The molecule has 6 heteroatoms. The molecule has 102 valence electrons. The third kappa shape index (κ3) is 3.67. The highest BCUT2D eigenvalue weighted by atomic mass is 16.2. The standard InChI is InChI=1S/C13H18N4O2/c14-11-5-4-10(9-16-11)13(19)15-6-2-8-17-7-1-3-12(17)18/h4-5,9H,1-3,6-8H2,(H2,14,16)(H,15,19). The number of aromatic nitrogens is 1. The van der Waals surface area contributed by atoms with Crippen molar-refractivity contribution in [3.05, 3.63) is 23.9 Å². The average molecular weight is 262 g/mol. The van der Waals surface area contributed by atoms with Crippen molar-refractivity contribution in [2.45, 2.75) is 19.3 Å². The summed E-state index contributed by atoms with van der Waals surface area (Å²) in [6.45, 7) is 2.10. The lowest BCUT2D eigenvalue weighted by Crippen LogP contribution is -2.30. The molecule has 1 saturated heterocycles. The van der Waals surface area contributed by atoms with Crippen molar-refractivity contribution in [2.24, 2.45) is 0 Å². The number of rotatable bonds is 5. The Morgan fingerprint density at radius 2 is 2.32 bits per heavy atom. The van der Waals surface area contributed by atoms with Crippen LogP contribution in [0.25, 0.3) is 0 Å². The molecule has 0 saturated carbocycles. The molecule has 1 aliphatic rings. The summed E-state index contributed by atoms with van der Waals surface area (Å²) in [7, 11) is 0. The highest BCUT2D eigenvalue weighted by Gasteiger charge is 2.19. The van der Waals surface area contributed by atoms with Gasteiger partial charge in [-0.15, -0.1) is 0 Å². The van der Waals surface area contributed by atoms with Gasteiger partial charge in [-0.25, -0.2) is 4.98 Å². The fourth-order valence-electron chi connectivity index (χ4n) is 2.05. The molecule has 3 N–H and O–H groups in total. The number of likely N-dealkylation sites (tertiary alicyclic amines) is 1. The van der Waals surface area contributed by atoms with E-state index in [9.17, 15) is 9.59 Å². The van der Waals surface area contributed by atoms with Gasteiger partial charge in [-0.05, 0) is 25.0 Å². The summed E-state index contributed by atoms with van der Waals surface area (Å²) in [5.74, 6) is 0.443. The van der Waals surface area contributed by atoms with Crippen LogP contribution in [-0.2, 0) is 4.79 Å². The number of carbonyl (C=O) groups is 2. The van der Waals surface area contributed by atoms with Gasteiger partial charge in [-0.3, -0.25) is 9.59 Å². The number of nitrogens with one attached hydrogen (secondary N) is 1. The molecule has 0 radical (unpaired) electrons. The van der Waals surface area contributed by atoms with Gasteiger partial charge in [0.15, 0.2) is 0 Å². The van der Waals surface area contributed by atoms with Crippen molar-refractivity contribution < 1.29 is 9.59 Å². The van der Waals surface area contributed by atoms with Crippen LogP contribution >= 0.6 is 0 Å². The summed E-state index contributed by atoms with van der Waals surface area (Å²) in [4.78, 5) is 28.8. The predicted molar refractivity (Wildman–Crippen MR) is 71.4 cm³/mol.